The Balaban J connectivity index is 1.98. The first-order chi connectivity index (χ1) is 13.0. The number of halogens is 2. The summed E-state index contributed by atoms with van der Waals surface area (Å²) in [6.07, 6.45) is 1.49. The molecule has 0 bridgehead atoms. The second-order valence-electron chi connectivity index (χ2n) is 6.43. The van der Waals surface area contributed by atoms with E-state index in [4.69, 9.17) is 27.9 Å². The molecule has 1 amide bonds. The van der Waals surface area contributed by atoms with Gasteiger partial charge in [-0.1, -0.05) is 60.1 Å². The molecular formula is C22H21Cl2NO2. The predicted octanol–water partition coefficient (Wildman–Crippen LogP) is 5.86. The molecule has 0 saturated heterocycles. The maximum absolute atomic E-state index is 13.3. The van der Waals surface area contributed by atoms with Crippen molar-refractivity contribution in [2.75, 3.05) is 0 Å². The lowest BCUT2D eigenvalue weighted by Crippen LogP contribution is -2.41. The molecule has 0 spiro atoms. The topological polar surface area (TPSA) is 29.5 Å². The molecule has 0 fully saturated rings. The van der Waals surface area contributed by atoms with E-state index in [2.05, 4.69) is 6.58 Å². The van der Waals surface area contributed by atoms with Crippen molar-refractivity contribution in [3.05, 3.63) is 94.7 Å². The van der Waals surface area contributed by atoms with Crippen molar-refractivity contribution >= 4 is 29.1 Å². The number of hydrogen-bond donors (Lipinski definition) is 0. The summed E-state index contributed by atoms with van der Waals surface area (Å²) in [6, 6.07) is 17.2. The first-order valence-corrected chi connectivity index (χ1v) is 9.54. The number of amides is 1. The monoisotopic (exact) mass is 401 g/mol. The van der Waals surface area contributed by atoms with Gasteiger partial charge in [-0.05, 0) is 24.6 Å². The van der Waals surface area contributed by atoms with E-state index in [9.17, 15) is 4.79 Å². The number of carbonyl (C=O) groups excluding carboxylic acids is 1. The first-order valence-electron chi connectivity index (χ1n) is 8.73. The fourth-order valence-corrected chi connectivity index (χ4v) is 3.33. The smallest absolute Gasteiger partial charge is 0.256 e. The van der Waals surface area contributed by atoms with Crippen LogP contribution in [0.25, 0.3) is 0 Å². The van der Waals surface area contributed by atoms with Gasteiger partial charge in [0.25, 0.3) is 5.91 Å². The van der Waals surface area contributed by atoms with Crippen LogP contribution in [0.15, 0.2) is 78.6 Å². The van der Waals surface area contributed by atoms with E-state index in [0.29, 0.717) is 29.3 Å². The zero-order valence-electron chi connectivity index (χ0n) is 15.1. The van der Waals surface area contributed by atoms with Gasteiger partial charge in [-0.2, -0.15) is 0 Å². The molecule has 2 aromatic rings. The average molecular weight is 402 g/mol. The molecule has 0 N–H and O–H groups in total. The minimum absolute atomic E-state index is 0.0740. The summed E-state index contributed by atoms with van der Waals surface area (Å²) < 4.78 is 6.17. The van der Waals surface area contributed by atoms with Crippen LogP contribution in [0.4, 0.5) is 0 Å². The number of allylic oxidation sites excluding steroid dienone is 2. The van der Waals surface area contributed by atoms with Gasteiger partial charge >= 0.3 is 0 Å². The highest BCUT2D eigenvalue weighted by atomic mass is 35.5. The molecule has 27 heavy (non-hydrogen) atoms. The van der Waals surface area contributed by atoms with Crippen LogP contribution < -0.4 is 0 Å². The minimum atomic E-state index is -0.517. The Morgan fingerprint density at radius 3 is 2.48 bits per heavy atom. The van der Waals surface area contributed by atoms with Gasteiger partial charge in [0.2, 0.25) is 6.23 Å². The van der Waals surface area contributed by atoms with Crippen molar-refractivity contribution in [3.63, 3.8) is 0 Å². The maximum Gasteiger partial charge on any atom is 0.256 e. The van der Waals surface area contributed by atoms with Crippen LogP contribution >= 0.6 is 23.2 Å². The van der Waals surface area contributed by atoms with Crippen LogP contribution in [0.5, 0.6) is 0 Å². The predicted molar refractivity (Wildman–Crippen MR) is 109 cm³/mol. The Kier molecular flexibility index (Phi) is 6.25. The van der Waals surface area contributed by atoms with Crippen LogP contribution in [-0.4, -0.2) is 16.2 Å². The Bertz CT molecular complexity index is 846. The van der Waals surface area contributed by atoms with E-state index in [1.807, 2.05) is 49.4 Å². The van der Waals surface area contributed by atoms with Gasteiger partial charge in [-0.25, -0.2) is 0 Å². The Labute approximate surface area is 169 Å². The van der Waals surface area contributed by atoms with Gasteiger partial charge in [-0.15, -0.1) is 18.2 Å². The average Bonchev–Trinajstić information content (AvgIpc) is 2.68. The zero-order chi connectivity index (χ0) is 19.4. The molecular weight excluding hydrogens is 381 g/mol. The summed E-state index contributed by atoms with van der Waals surface area (Å²) in [4.78, 5) is 15.0. The van der Waals surface area contributed by atoms with Gasteiger partial charge in [0.1, 0.15) is 5.76 Å². The van der Waals surface area contributed by atoms with E-state index < -0.39 is 6.23 Å². The molecule has 0 aliphatic carbocycles. The lowest BCUT2D eigenvalue weighted by molar-refractivity contribution is -0.146. The van der Waals surface area contributed by atoms with Crippen LogP contribution in [0.3, 0.4) is 0 Å². The normalized spacial score (nSPS) is 18.3. The molecule has 3 rings (SSSR count). The Hall–Kier alpha value is -2.23. The second-order valence-corrected chi connectivity index (χ2v) is 7.43. The fraction of sp³-hybridized carbons (Fsp3) is 0.227. The van der Waals surface area contributed by atoms with Crippen molar-refractivity contribution in [3.8, 4) is 0 Å². The van der Waals surface area contributed by atoms with Crippen LogP contribution in [0, 0.1) is 0 Å². The summed E-state index contributed by atoms with van der Waals surface area (Å²) in [5, 5.41) is 0.313. The van der Waals surface area contributed by atoms with Gasteiger partial charge in [0.05, 0.1) is 11.0 Å². The third kappa shape index (κ3) is 4.55. The number of rotatable bonds is 6. The minimum Gasteiger partial charge on any atom is -0.470 e. The molecule has 2 unspecified atom stereocenters. The van der Waals surface area contributed by atoms with Gasteiger partial charge in [0.15, 0.2) is 0 Å². The molecule has 1 heterocycles. The molecule has 0 aromatic heterocycles. The standard InChI is InChI=1S/C22H21Cl2NO2/c1-3-18(23)13-20-15(2)27-22(17-9-11-19(24)12-10-17)25(21(20)26)14-16-7-5-4-6-8-16/h3-12,18,22H,1,13-14H2,2H3. The Morgan fingerprint density at radius 1 is 1.19 bits per heavy atom. The molecule has 5 heteroatoms. The Morgan fingerprint density at radius 2 is 1.85 bits per heavy atom. The molecule has 1 aliphatic rings. The summed E-state index contributed by atoms with van der Waals surface area (Å²) >= 11 is 12.2. The van der Waals surface area contributed by atoms with Crippen molar-refractivity contribution in [1.29, 1.82) is 0 Å². The lowest BCUT2D eigenvalue weighted by atomic mass is 10.0. The molecule has 3 nitrogen and oxygen atoms in total. The summed E-state index contributed by atoms with van der Waals surface area (Å²) in [6.45, 7) is 5.94. The molecule has 0 radical (unpaired) electrons. The van der Waals surface area contributed by atoms with E-state index in [1.165, 1.54) is 0 Å². The van der Waals surface area contributed by atoms with Gasteiger partial charge in [0, 0.05) is 23.6 Å². The highest BCUT2D eigenvalue weighted by molar-refractivity contribution is 6.30. The van der Waals surface area contributed by atoms with E-state index >= 15 is 0 Å². The van der Waals surface area contributed by atoms with Crippen LogP contribution in [0.2, 0.25) is 5.02 Å². The van der Waals surface area contributed by atoms with E-state index in [1.54, 1.807) is 23.1 Å². The fourth-order valence-electron chi connectivity index (χ4n) is 3.05. The molecule has 1 aliphatic heterocycles. The van der Waals surface area contributed by atoms with Crippen LogP contribution in [0.1, 0.15) is 30.7 Å². The third-order valence-electron chi connectivity index (χ3n) is 4.52. The summed E-state index contributed by atoms with van der Waals surface area (Å²) in [5.74, 6) is 0.520. The van der Waals surface area contributed by atoms with Crippen molar-refractivity contribution in [2.45, 2.75) is 31.5 Å². The zero-order valence-corrected chi connectivity index (χ0v) is 16.6. The lowest BCUT2D eigenvalue weighted by Gasteiger charge is -2.38. The van der Waals surface area contributed by atoms with E-state index in [-0.39, 0.29) is 11.3 Å². The van der Waals surface area contributed by atoms with Crippen molar-refractivity contribution < 1.29 is 9.53 Å². The van der Waals surface area contributed by atoms with Gasteiger partial charge in [-0.3, -0.25) is 9.69 Å². The largest absolute Gasteiger partial charge is 0.470 e. The van der Waals surface area contributed by atoms with Gasteiger partial charge < -0.3 is 4.74 Å². The summed E-state index contributed by atoms with van der Waals surface area (Å²) in [7, 11) is 0. The number of nitrogens with zero attached hydrogens (tertiary/aromatic N) is 1. The first kappa shape index (κ1) is 19.5. The number of ether oxygens (including phenoxy) is 1. The second kappa shape index (κ2) is 8.64. The SMILES string of the molecule is C=CC(Cl)CC1=C(C)OC(c2ccc(Cl)cc2)N(Cc2ccccc2)C1=O. The molecule has 140 valence electrons. The van der Waals surface area contributed by atoms with Crippen molar-refractivity contribution in [1.82, 2.24) is 4.90 Å². The third-order valence-corrected chi connectivity index (χ3v) is 5.11. The van der Waals surface area contributed by atoms with Crippen molar-refractivity contribution in [2.24, 2.45) is 0 Å². The van der Waals surface area contributed by atoms with Crippen LogP contribution in [-0.2, 0) is 16.1 Å². The molecule has 0 saturated carbocycles. The summed E-state index contributed by atoms with van der Waals surface area (Å²) in [5.41, 5.74) is 2.47. The molecule has 2 aromatic carbocycles. The quantitative estimate of drug-likeness (QED) is 0.448. The number of carbonyl (C=O) groups is 1. The highest BCUT2D eigenvalue weighted by Gasteiger charge is 2.35. The van der Waals surface area contributed by atoms with E-state index in [0.717, 1.165) is 11.1 Å². The number of benzene rings is 2. The number of alkyl halides is 1. The highest BCUT2D eigenvalue weighted by Crippen LogP contribution is 2.36. The number of hydrogen-bond acceptors (Lipinski definition) is 2. The maximum atomic E-state index is 13.3. The molecule has 2 atom stereocenters.